The lowest BCUT2D eigenvalue weighted by Crippen LogP contribution is -2.42. The third kappa shape index (κ3) is 4.55. The van der Waals surface area contributed by atoms with Gasteiger partial charge in [-0.1, -0.05) is 26.0 Å². The number of fused-ring (bicyclic) bond motifs is 1. The number of nitrogens with one attached hydrogen (secondary N) is 1. The lowest BCUT2D eigenvalue weighted by molar-refractivity contribution is -0.0274. The first-order valence-electron chi connectivity index (χ1n) is 10.2. The van der Waals surface area contributed by atoms with Gasteiger partial charge in [-0.25, -0.2) is 0 Å². The Bertz CT molecular complexity index is 969. The van der Waals surface area contributed by atoms with Gasteiger partial charge in [-0.3, -0.25) is 9.69 Å². The molecule has 2 aromatic heterocycles. The van der Waals surface area contributed by atoms with Gasteiger partial charge in [0.05, 0.1) is 5.60 Å². The smallest absolute Gasteiger partial charge is 0.287 e. The van der Waals surface area contributed by atoms with Crippen molar-refractivity contribution in [2.75, 3.05) is 19.6 Å². The largest absolute Gasteiger partial charge is 0.451 e. The summed E-state index contributed by atoms with van der Waals surface area (Å²) >= 11 is 1.78. The highest BCUT2D eigenvalue weighted by molar-refractivity contribution is 7.09. The van der Waals surface area contributed by atoms with Crippen LogP contribution in [-0.4, -0.2) is 35.5 Å². The average molecular weight is 413 g/mol. The number of carbonyl (C=O) groups excluding carboxylic acids is 1. The molecule has 2 N–H and O–H groups in total. The van der Waals surface area contributed by atoms with Crippen molar-refractivity contribution in [2.45, 2.75) is 38.8 Å². The SMILES string of the molecule is CC(C)CNC(=O)c1cc2cc(C3(O)CCN(Cc4cccs4)CC3)ccc2o1. The zero-order chi connectivity index (χ0) is 20.4. The molecule has 1 saturated heterocycles. The number of furan rings is 1. The van der Waals surface area contributed by atoms with Crippen molar-refractivity contribution in [1.29, 1.82) is 0 Å². The Morgan fingerprint density at radius 3 is 2.76 bits per heavy atom. The van der Waals surface area contributed by atoms with E-state index < -0.39 is 5.60 Å². The van der Waals surface area contributed by atoms with Gasteiger partial charge in [-0.2, -0.15) is 0 Å². The summed E-state index contributed by atoms with van der Waals surface area (Å²) in [6.45, 7) is 7.39. The van der Waals surface area contributed by atoms with E-state index in [0.717, 1.165) is 30.6 Å². The fraction of sp³-hybridized carbons (Fsp3) is 0.435. The Balaban J connectivity index is 1.45. The number of amides is 1. The van der Waals surface area contributed by atoms with Crippen LogP contribution in [0, 0.1) is 5.92 Å². The second-order valence-electron chi connectivity index (χ2n) is 8.35. The molecule has 1 aliphatic heterocycles. The van der Waals surface area contributed by atoms with Crippen LogP contribution < -0.4 is 5.32 Å². The van der Waals surface area contributed by atoms with Crippen LogP contribution in [0.3, 0.4) is 0 Å². The number of benzene rings is 1. The predicted octanol–water partition coefficient (Wildman–Crippen LogP) is 4.36. The summed E-state index contributed by atoms with van der Waals surface area (Å²) in [6, 6.07) is 11.8. The van der Waals surface area contributed by atoms with E-state index in [1.807, 2.05) is 18.2 Å². The summed E-state index contributed by atoms with van der Waals surface area (Å²) < 4.78 is 5.71. The van der Waals surface area contributed by atoms with Gasteiger partial charge in [0.1, 0.15) is 5.58 Å². The summed E-state index contributed by atoms with van der Waals surface area (Å²) in [7, 11) is 0. The summed E-state index contributed by atoms with van der Waals surface area (Å²) in [5, 5.41) is 17.1. The molecule has 0 bridgehead atoms. The number of piperidine rings is 1. The maximum atomic E-state index is 12.3. The van der Waals surface area contributed by atoms with Crippen molar-refractivity contribution >= 4 is 28.2 Å². The van der Waals surface area contributed by atoms with E-state index in [-0.39, 0.29) is 5.91 Å². The third-order valence-electron chi connectivity index (χ3n) is 5.59. The zero-order valence-corrected chi connectivity index (χ0v) is 17.8. The molecule has 29 heavy (non-hydrogen) atoms. The monoisotopic (exact) mass is 412 g/mol. The molecule has 3 aromatic rings. The minimum Gasteiger partial charge on any atom is -0.451 e. The van der Waals surface area contributed by atoms with Crippen LogP contribution >= 0.6 is 11.3 Å². The van der Waals surface area contributed by atoms with E-state index in [1.165, 1.54) is 4.88 Å². The quantitative estimate of drug-likeness (QED) is 0.631. The molecular weight excluding hydrogens is 384 g/mol. The normalized spacial score (nSPS) is 17.1. The standard InChI is InChI=1S/C23H28N2O3S/c1-16(2)14-24-22(26)21-13-17-12-18(5-6-20(17)28-21)23(27)7-9-25(10-8-23)15-19-4-3-11-29-19/h3-6,11-13,16,27H,7-10,14-15H2,1-2H3,(H,24,26). The van der Waals surface area contributed by atoms with Crippen LogP contribution in [0.2, 0.25) is 0 Å². The molecule has 4 rings (SSSR count). The molecule has 3 heterocycles. The van der Waals surface area contributed by atoms with Crippen molar-refractivity contribution in [2.24, 2.45) is 5.92 Å². The summed E-state index contributed by atoms with van der Waals surface area (Å²) in [5.74, 6) is 0.502. The molecule has 1 aliphatic rings. The molecule has 154 valence electrons. The Kier molecular flexibility index (Phi) is 5.76. The van der Waals surface area contributed by atoms with Crippen LogP contribution in [-0.2, 0) is 12.1 Å². The number of nitrogens with zero attached hydrogens (tertiary/aromatic N) is 1. The van der Waals surface area contributed by atoms with Crippen LogP contribution in [0.15, 0.2) is 46.2 Å². The fourth-order valence-electron chi connectivity index (χ4n) is 3.82. The van der Waals surface area contributed by atoms with Crippen LogP contribution in [0.1, 0.15) is 47.7 Å². The minimum absolute atomic E-state index is 0.197. The Labute approximate surface area is 175 Å². The van der Waals surface area contributed by atoms with Crippen molar-refractivity contribution < 1.29 is 14.3 Å². The first-order valence-corrected chi connectivity index (χ1v) is 11.1. The van der Waals surface area contributed by atoms with Crippen molar-refractivity contribution in [3.63, 3.8) is 0 Å². The second-order valence-corrected chi connectivity index (χ2v) is 9.39. The molecule has 1 aromatic carbocycles. The van der Waals surface area contributed by atoms with Gasteiger partial charge in [-0.15, -0.1) is 11.3 Å². The van der Waals surface area contributed by atoms with Crippen LogP contribution in [0.25, 0.3) is 11.0 Å². The van der Waals surface area contributed by atoms with E-state index in [2.05, 4.69) is 41.6 Å². The first-order chi connectivity index (χ1) is 13.9. The molecular formula is C23H28N2O3S. The minimum atomic E-state index is -0.836. The molecule has 5 nitrogen and oxygen atoms in total. The van der Waals surface area contributed by atoms with Crippen molar-refractivity contribution in [3.8, 4) is 0 Å². The van der Waals surface area contributed by atoms with E-state index in [4.69, 9.17) is 4.42 Å². The molecule has 0 atom stereocenters. The third-order valence-corrected chi connectivity index (χ3v) is 6.45. The lowest BCUT2D eigenvalue weighted by atomic mass is 9.84. The first kappa shape index (κ1) is 20.1. The Hall–Kier alpha value is -2.15. The fourth-order valence-corrected chi connectivity index (χ4v) is 4.57. The highest BCUT2D eigenvalue weighted by atomic mass is 32.1. The van der Waals surface area contributed by atoms with Gasteiger partial charge in [0, 0.05) is 36.4 Å². The number of aliphatic hydroxyl groups is 1. The number of hydrogen-bond donors (Lipinski definition) is 2. The maximum absolute atomic E-state index is 12.3. The van der Waals surface area contributed by atoms with Gasteiger partial charge in [-0.05, 0) is 54.0 Å². The van der Waals surface area contributed by atoms with Gasteiger partial charge >= 0.3 is 0 Å². The Morgan fingerprint density at radius 2 is 2.07 bits per heavy atom. The van der Waals surface area contributed by atoms with Gasteiger partial charge < -0.3 is 14.8 Å². The lowest BCUT2D eigenvalue weighted by Gasteiger charge is -2.38. The highest BCUT2D eigenvalue weighted by Gasteiger charge is 2.34. The molecule has 0 saturated carbocycles. The second kappa shape index (κ2) is 8.30. The topological polar surface area (TPSA) is 65.7 Å². The molecule has 6 heteroatoms. The van der Waals surface area contributed by atoms with Crippen molar-refractivity contribution in [3.05, 3.63) is 58.0 Å². The van der Waals surface area contributed by atoms with Gasteiger partial charge in [0.2, 0.25) is 0 Å². The van der Waals surface area contributed by atoms with Crippen LogP contribution in [0.5, 0.6) is 0 Å². The van der Waals surface area contributed by atoms with E-state index in [0.29, 0.717) is 36.6 Å². The maximum Gasteiger partial charge on any atom is 0.287 e. The average Bonchev–Trinajstić information content (AvgIpc) is 3.37. The molecule has 0 radical (unpaired) electrons. The summed E-state index contributed by atoms with van der Waals surface area (Å²) in [6.07, 6.45) is 1.40. The molecule has 0 aliphatic carbocycles. The number of rotatable bonds is 6. The number of carbonyl (C=O) groups is 1. The number of thiophene rings is 1. The molecule has 0 spiro atoms. The van der Waals surface area contributed by atoms with Crippen LogP contribution in [0.4, 0.5) is 0 Å². The molecule has 1 amide bonds. The van der Waals surface area contributed by atoms with E-state index >= 15 is 0 Å². The molecule has 1 fully saturated rings. The molecule has 0 unspecified atom stereocenters. The van der Waals surface area contributed by atoms with E-state index in [9.17, 15) is 9.90 Å². The summed E-state index contributed by atoms with van der Waals surface area (Å²) in [5.41, 5.74) is 0.732. The van der Waals surface area contributed by atoms with E-state index in [1.54, 1.807) is 17.4 Å². The number of hydrogen-bond acceptors (Lipinski definition) is 5. The van der Waals surface area contributed by atoms with Crippen molar-refractivity contribution in [1.82, 2.24) is 10.2 Å². The van der Waals surface area contributed by atoms with Gasteiger partial charge in [0.25, 0.3) is 5.91 Å². The summed E-state index contributed by atoms with van der Waals surface area (Å²) in [4.78, 5) is 16.0. The predicted molar refractivity (Wildman–Crippen MR) is 116 cm³/mol. The van der Waals surface area contributed by atoms with Gasteiger partial charge in [0.15, 0.2) is 5.76 Å². The Morgan fingerprint density at radius 1 is 1.28 bits per heavy atom. The number of likely N-dealkylation sites (tertiary alicyclic amines) is 1. The highest BCUT2D eigenvalue weighted by Crippen LogP contribution is 2.35. The zero-order valence-electron chi connectivity index (χ0n) is 17.0.